The molecule has 0 bridgehead atoms. The molecule has 0 amide bonds. The molecule has 0 atom stereocenters. The molecule has 0 aromatic carbocycles. The summed E-state index contributed by atoms with van der Waals surface area (Å²) in [6.45, 7) is 3.80. The van der Waals surface area contributed by atoms with Crippen LogP contribution in [0, 0.1) is 5.41 Å². The molecule has 20 heavy (non-hydrogen) atoms. The molecule has 2 heterocycles. The van der Waals surface area contributed by atoms with E-state index >= 15 is 0 Å². The van der Waals surface area contributed by atoms with Crippen molar-refractivity contribution < 1.29 is 9.90 Å². The first kappa shape index (κ1) is 14.3. The van der Waals surface area contributed by atoms with Crippen LogP contribution in [0.4, 0.5) is 5.82 Å². The second-order valence-electron chi connectivity index (χ2n) is 4.97. The van der Waals surface area contributed by atoms with E-state index in [2.05, 4.69) is 20.3 Å². The van der Waals surface area contributed by atoms with Gasteiger partial charge < -0.3 is 15.4 Å². The van der Waals surface area contributed by atoms with Gasteiger partial charge in [-0.25, -0.2) is 9.97 Å². The van der Waals surface area contributed by atoms with Crippen LogP contribution in [0.3, 0.4) is 0 Å². The van der Waals surface area contributed by atoms with Crippen LogP contribution < -0.4 is 5.32 Å². The summed E-state index contributed by atoms with van der Waals surface area (Å²) in [5.41, 5.74) is 0.670. The first-order valence-electron chi connectivity index (χ1n) is 6.81. The van der Waals surface area contributed by atoms with Gasteiger partial charge >= 0.3 is 5.97 Å². The Labute approximate surface area is 117 Å². The van der Waals surface area contributed by atoms with Gasteiger partial charge in [-0.15, -0.1) is 0 Å². The molecule has 0 saturated heterocycles. The summed E-state index contributed by atoms with van der Waals surface area (Å²) in [7, 11) is 1.80. The number of nitrogens with one attached hydrogen (secondary N) is 2. The average molecular weight is 276 g/mol. The van der Waals surface area contributed by atoms with Gasteiger partial charge in [0.25, 0.3) is 0 Å². The Hall–Kier alpha value is -2.11. The van der Waals surface area contributed by atoms with Crippen molar-refractivity contribution in [1.82, 2.24) is 15.0 Å². The number of rotatable bonds is 6. The minimum Gasteiger partial charge on any atom is -0.481 e. The Morgan fingerprint density at radius 2 is 2.05 bits per heavy atom. The Bertz CT molecular complexity index is 617. The molecule has 2 aromatic rings. The molecule has 0 spiro atoms. The summed E-state index contributed by atoms with van der Waals surface area (Å²) in [6.07, 6.45) is 1.54. The van der Waals surface area contributed by atoms with Crippen LogP contribution in [0.25, 0.3) is 11.2 Å². The van der Waals surface area contributed by atoms with E-state index in [1.807, 2.05) is 26.0 Å². The SMILES string of the molecule is CCC(CC)(Cc1nc2nc(NC)ccc2[nH]1)C(=O)O. The van der Waals surface area contributed by atoms with E-state index in [0.717, 1.165) is 11.3 Å². The molecular formula is C14H20N4O2. The molecule has 0 fully saturated rings. The van der Waals surface area contributed by atoms with Gasteiger partial charge in [0.15, 0.2) is 5.65 Å². The van der Waals surface area contributed by atoms with Gasteiger partial charge in [-0.1, -0.05) is 13.8 Å². The molecule has 0 aliphatic heterocycles. The summed E-state index contributed by atoms with van der Waals surface area (Å²) in [6, 6.07) is 3.75. The third-order valence-electron chi connectivity index (χ3n) is 3.96. The topological polar surface area (TPSA) is 90.9 Å². The van der Waals surface area contributed by atoms with Crippen molar-refractivity contribution in [1.29, 1.82) is 0 Å². The molecule has 0 saturated carbocycles. The molecule has 6 heteroatoms. The van der Waals surface area contributed by atoms with Gasteiger partial charge in [0.05, 0.1) is 10.9 Å². The van der Waals surface area contributed by atoms with E-state index in [9.17, 15) is 9.90 Å². The molecule has 0 unspecified atom stereocenters. The minimum atomic E-state index is -0.771. The number of hydrogen-bond donors (Lipinski definition) is 3. The van der Waals surface area contributed by atoms with E-state index in [4.69, 9.17) is 0 Å². The van der Waals surface area contributed by atoms with Gasteiger partial charge in [-0.3, -0.25) is 4.79 Å². The third-order valence-corrected chi connectivity index (χ3v) is 3.96. The fourth-order valence-corrected chi connectivity index (χ4v) is 2.36. The highest BCUT2D eigenvalue weighted by atomic mass is 16.4. The number of H-pyrrole nitrogens is 1. The number of fused-ring (bicyclic) bond motifs is 1. The maximum absolute atomic E-state index is 11.5. The molecule has 108 valence electrons. The highest BCUT2D eigenvalue weighted by molar-refractivity contribution is 5.76. The third kappa shape index (κ3) is 2.45. The summed E-state index contributed by atoms with van der Waals surface area (Å²) in [5.74, 6) is 0.643. The van der Waals surface area contributed by atoms with Crippen LogP contribution in [0.2, 0.25) is 0 Å². The maximum atomic E-state index is 11.5. The van der Waals surface area contributed by atoms with Crippen molar-refractivity contribution in [2.45, 2.75) is 33.1 Å². The largest absolute Gasteiger partial charge is 0.481 e. The van der Waals surface area contributed by atoms with Crippen molar-refractivity contribution in [3.63, 3.8) is 0 Å². The van der Waals surface area contributed by atoms with E-state index in [0.29, 0.717) is 30.7 Å². The van der Waals surface area contributed by atoms with Crippen LogP contribution in [-0.4, -0.2) is 33.1 Å². The van der Waals surface area contributed by atoms with Gasteiger partial charge in [0, 0.05) is 13.5 Å². The van der Waals surface area contributed by atoms with Crippen molar-refractivity contribution >= 4 is 23.0 Å². The normalized spacial score (nSPS) is 11.8. The number of pyridine rings is 1. The van der Waals surface area contributed by atoms with Crippen LogP contribution in [0.1, 0.15) is 32.5 Å². The second kappa shape index (κ2) is 5.48. The number of aromatic amines is 1. The number of aliphatic carboxylic acids is 1. The van der Waals surface area contributed by atoms with Crippen LogP contribution in [0.15, 0.2) is 12.1 Å². The Morgan fingerprint density at radius 3 is 2.60 bits per heavy atom. The molecule has 0 aliphatic carbocycles. The lowest BCUT2D eigenvalue weighted by atomic mass is 9.79. The molecule has 2 rings (SSSR count). The number of carboxylic acids is 1. The first-order valence-corrected chi connectivity index (χ1v) is 6.81. The minimum absolute atomic E-state index is 0.389. The lowest BCUT2D eigenvalue weighted by Crippen LogP contribution is -2.32. The molecule has 3 N–H and O–H groups in total. The molecular weight excluding hydrogens is 256 g/mol. The predicted molar refractivity (Wildman–Crippen MR) is 77.8 cm³/mol. The number of anilines is 1. The monoisotopic (exact) mass is 276 g/mol. The fourth-order valence-electron chi connectivity index (χ4n) is 2.36. The lowest BCUT2D eigenvalue weighted by molar-refractivity contribution is -0.149. The number of hydrogen-bond acceptors (Lipinski definition) is 4. The molecule has 6 nitrogen and oxygen atoms in total. The van der Waals surface area contributed by atoms with Crippen molar-refractivity contribution in [2.75, 3.05) is 12.4 Å². The second-order valence-corrected chi connectivity index (χ2v) is 4.97. The first-order chi connectivity index (χ1) is 9.54. The molecule has 0 radical (unpaired) electrons. The quantitative estimate of drug-likeness (QED) is 0.753. The zero-order valence-electron chi connectivity index (χ0n) is 12.0. The van der Waals surface area contributed by atoms with Crippen LogP contribution >= 0.6 is 0 Å². The summed E-state index contributed by atoms with van der Waals surface area (Å²) in [5, 5.41) is 12.4. The zero-order chi connectivity index (χ0) is 14.8. The van der Waals surface area contributed by atoms with Crippen LogP contribution in [-0.2, 0) is 11.2 Å². The van der Waals surface area contributed by atoms with E-state index in [1.54, 1.807) is 7.05 Å². The number of carbonyl (C=O) groups is 1. The number of imidazole rings is 1. The van der Waals surface area contributed by atoms with Crippen LogP contribution in [0.5, 0.6) is 0 Å². The summed E-state index contributed by atoms with van der Waals surface area (Å²) < 4.78 is 0. The standard InChI is InChI=1S/C14H20N4O2/c1-4-14(5-2,13(19)20)8-11-16-9-6-7-10(15-3)17-12(9)18-11/h6-7H,4-5,8H2,1-3H3,(H,19,20)(H2,15,16,17,18). The zero-order valence-corrected chi connectivity index (χ0v) is 12.0. The average Bonchev–Trinajstić information content (AvgIpc) is 2.85. The van der Waals surface area contributed by atoms with Gasteiger partial charge in [0.1, 0.15) is 11.6 Å². The highest BCUT2D eigenvalue weighted by Crippen LogP contribution is 2.31. The Balaban J connectivity index is 2.35. The fraction of sp³-hybridized carbons (Fsp3) is 0.500. The molecule has 2 aromatic heterocycles. The predicted octanol–water partition coefficient (Wildman–Crippen LogP) is 2.43. The number of carboxylic acid groups (broad SMARTS) is 1. The summed E-state index contributed by atoms with van der Waals surface area (Å²) in [4.78, 5) is 23.5. The van der Waals surface area contributed by atoms with E-state index in [1.165, 1.54) is 0 Å². The highest BCUT2D eigenvalue weighted by Gasteiger charge is 2.36. The summed E-state index contributed by atoms with van der Waals surface area (Å²) >= 11 is 0. The Morgan fingerprint density at radius 1 is 1.35 bits per heavy atom. The maximum Gasteiger partial charge on any atom is 0.310 e. The number of nitrogens with zero attached hydrogens (tertiary/aromatic N) is 2. The van der Waals surface area contributed by atoms with Crippen molar-refractivity contribution in [3.05, 3.63) is 18.0 Å². The number of aromatic nitrogens is 3. The van der Waals surface area contributed by atoms with Crippen molar-refractivity contribution in [3.8, 4) is 0 Å². The lowest BCUT2D eigenvalue weighted by Gasteiger charge is -2.25. The van der Waals surface area contributed by atoms with Gasteiger partial charge in [-0.05, 0) is 25.0 Å². The van der Waals surface area contributed by atoms with Gasteiger partial charge in [0.2, 0.25) is 0 Å². The van der Waals surface area contributed by atoms with E-state index in [-0.39, 0.29) is 0 Å². The molecule has 0 aliphatic rings. The van der Waals surface area contributed by atoms with Gasteiger partial charge in [-0.2, -0.15) is 0 Å². The van der Waals surface area contributed by atoms with E-state index < -0.39 is 11.4 Å². The smallest absolute Gasteiger partial charge is 0.310 e. The van der Waals surface area contributed by atoms with Crippen molar-refractivity contribution in [2.24, 2.45) is 5.41 Å². The Kier molecular flexibility index (Phi) is 3.92.